The van der Waals surface area contributed by atoms with Crippen molar-refractivity contribution in [1.82, 2.24) is 15.0 Å². The molecule has 2 heterocycles. The molecule has 8 rings (SSSR count). The summed E-state index contributed by atoms with van der Waals surface area (Å²) in [5.41, 5.74) is 8.43. The topological polar surface area (TPSA) is 38.7 Å². The summed E-state index contributed by atoms with van der Waals surface area (Å²) in [5, 5.41) is 7.47. The molecule has 0 spiro atoms. The molecule has 0 fully saturated rings. The van der Waals surface area contributed by atoms with Gasteiger partial charge in [0.1, 0.15) is 0 Å². The van der Waals surface area contributed by atoms with Crippen molar-refractivity contribution in [2.45, 2.75) is 6.92 Å². The minimum absolute atomic E-state index is 0.732. The van der Waals surface area contributed by atoms with Gasteiger partial charge in [0, 0.05) is 29.1 Å². The van der Waals surface area contributed by atoms with Crippen LogP contribution in [0.5, 0.6) is 0 Å². The summed E-state index contributed by atoms with van der Waals surface area (Å²) < 4.78 is 0. The highest BCUT2D eigenvalue weighted by Crippen LogP contribution is 2.39. The number of benzene rings is 6. The molecular formula is C38H25N3. The molecule has 0 N–H and O–H groups in total. The third-order valence-electron chi connectivity index (χ3n) is 8.09. The van der Waals surface area contributed by atoms with Gasteiger partial charge in [0.25, 0.3) is 0 Å². The molecular weight excluding hydrogens is 498 g/mol. The van der Waals surface area contributed by atoms with Crippen molar-refractivity contribution in [1.29, 1.82) is 0 Å². The molecule has 0 saturated carbocycles. The quantitative estimate of drug-likeness (QED) is 0.216. The first-order valence-corrected chi connectivity index (χ1v) is 13.9. The Morgan fingerprint density at radius 3 is 1.98 bits per heavy atom. The van der Waals surface area contributed by atoms with Crippen LogP contribution in [0.4, 0.5) is 0 Å². The molecule has 0 aliphatic rings. The molecule has 41 heavy (non-hydrogen) atoms. The van der Waals surface area contributed by atoms with Crippen LogP contribution in [0.15, 0.2) is 134 Å². The van der Waals surface area contributed by atoms with E-state index in [1.54, 1.807) is 6.20 Å². The lowest BCUT2D eigenvalue weighted by Crippen LogP contribution is -1.98. The molecule has 0 aliphatic carbocycles. The lowest BCUT2D eigenvalue weighted by atomic mass is 9.91. The molecule has 0 amide bonds. The maximum absolute atomic E-state index is 5.19. The monoisotopic (exact) mass is 523 g/mol. The second-order valence-electron chi connectivity index (χ2n) is 10.6. The van der Waals surface area contributed by atoms with Crippen molar-refractivity contribution in [3.63, 3.8) is 0 Å². The van der Waals surface area contributed by atoms with E-state index in [-0.39, 0.29) is 0 Å². The zero-order chi connectivity index (χ0) is 27.3. The van der Waals surface area contributed by atoms with Crippen molar-refractivity contribution in [2.75, 3.05) is 0 Å². The van der Waals surface area contributed by atoms with Crippen LogP contribution in [0.3, 0.4) is 0 Å². The van der Waals surface area contributed by atoms with Crippen molar-refractivity contribution in [3.05, 3.63) is 139 Å². The zero-order valence-electron chi connectivity index (χ0n) is 22.5. The van der Waals surface area contributed by atoms with E-state index in [4.69, 9.17) is 9.97 Å². The van der Waals surface area contributed by atoms with Crippen LogP contribution in [0.2, 0.25) is 0 Å². The standard InChI is InChI=1S/C38H25N3/c1-24-6-2-3-10-31(24)35-22-34(26-13-11-25(12-14-26)30-9-5-21-39-23-30)40-38(41-35)33-20-18-29-16-15-27-7-4-8-28-17-19-32(33)37(29)36(27)28/h2-23H,1H3. The molecule has 2 aromatic heterocycles. The van der Waals surface area contributed by atoms with E-state index in [0.717, 1.165) is 45.0 Å². The summed E-state index contributed by atoms with van der Waals surface area (Å²) >= 11 is 0. The second-order valence-corrected chi connectivity index (χ2v) is 10.6. The number of hydrogen-bond acceptors (Lipinski definition) is 3. The fourth-order valence-corrected chi connectivity index (χ4v) is 6.01. The minimum Gasteiger partial charge on any atom is -0.264 e. The highest BCUT2D eigenvalue weighted by atomic mass is 14.9. The zero-order valence-corrected chi connectivity index (χ0v) is 22.5. The predicted octanol–water partition coefficient (Wildman–Crippen LogP) is 9.75. The Hall–Kier alpha value is -5.41. The molecule has 0 saturated heterocycles. The number of aryl methyl sites for hydroxylation is 1. The van der Waals surface area contributed by atoms with E-state index in [9.17, 15) is 0 Å². The van der Waals surface area contributed by atoms with E-state index in [1.165, 1.54) is 37.9 Å². The first-order chi connectivity index (χ1) is 20.2. The molecule has 0 bridgehead atoms. The first kappa shape index (κ1) is 23.5. The SMILES string of the molecule is Cc1ccccc1-c1cc(-c2ccc(-c3cccnc3)cc2)nc(-c2ccc3ccc4cccc5ccc2c3c45)n1. The van der Waals surface area contributed by atoms with Crippen LogP contribution in [0.25, 0.3) is 77.3 Å². The first-order valence-electron chi connectivity index (χ1n) is 13.9. The van der Waals surface area contributed by atoms with Gasteiger partial charge in [-0.1, -0.05) is 103 Å². The van der Waals surface area contributed by atoms with Gasteiger partial charge in [-0.25, -0.2) is 9.97 Å². The normalized spacial score (nSPS) is 11.5. The third-order valence-corrected chi connectivity index (χ3v) is 8.09. The third kappa shape index (κ3) is 3.94. The fourth-order valence-electron chi connectivity index (χ4n) is 6.01. The molecule has 8 aromatic rings. The maximum Gasteiger partial charge on any atom is 0.161 e. The van der Waals surface area contributed by atoms with Gasteiger partial charge < -0.3 is 0 Å². The molecule has 3 nitrogen and oxygen atoms in total. The lowest BCUT2D eigenvalue weighted by Gasteiger charge is -2.15. The average Bonchev–Trinajstić information content (AvgIpc) is 3.04. The summed E-state index contributed by atoms with van der Waals surface area (Å²) in [7, 11) is 0. The van der Waals surface area contributed by atoms with E-state index in [0.29, 0.717) is 0 Å². The summed E-state index contributed by atoms with van der Waals surface area (Å²) in [6, 6.07) is 42.9. The Morgan fingerprint density at radius 2 is 1.20 bits per heavy atom. The Balaban J connectivity index is 1.35. The van der Waals surface area contributed by atoms with Gasteiger partial charge in [-0.15, -0.1) is 0 Å². The molecule has 0 unspecified atom stereocenters. The molecule has 0 aliphatic heterocycles. The Labute approximate surface area is 238 Å². The molecule has 6 aromatic carbocycles. The number of rotatable bonds is 4. The van der Waals surface area contributed by atoms with E-state index in [1.807, 2.05) is 12.3 Å². The van der Waals surface area contributed by atoms with Gasteiger partial charge in [0.2, 0.25) is 0 Å². The summed E-state index contributed by atoms with van der Waals surface area (Å²) in [4.78, 5) is 14.7. The van der Waals surface area contributed by atoms with Crippen LogP contribution in [-0.4, -0.2) is 15.0 Å². The number of nitrogens with zero attached hydrogens (tertiary/aromatic N) is 3. The number of hydrogen-bond donors (Lipinski definition) is 0. The van der Waals surface area contributed by atoms with Crippen molar-refractivity contribution in [3.8, 4) is 45.0 Å². The van der Waals surface area contributed by atoms with Crippen LogP contribution < -0.4 is 0 Å². The van der Waals surface area contributed by atoms with Crippen LogP contribution >= 0.6 is 0 Å². The molecule has 3 heteroatoms. The predicted molar refractivity (Wildman–Crippen MR) is 170 cm³/mol. The fraction of sp³-hybridized carbons (Fsp3) is 0.0263. The van der Waals surface area contributed by atoms with E-state index >= 15 is 0 Å². The maximum atomic E-state index is 5.19. The van der Waals surface area contributed by atoms with Gasteiger partial charge in [-0.2, -0.15) is 0 Å². The van der Waals surface area contributed by atoms with Crippen LogP contribution in [0.1, 0.15) is 5.56 Å². The summed E-state index contributed by atoms with van der Waals surface area (Å²) in [5.74, 6) is 0.732. The Kier molecular flexibility index (Phi) is 5.36. The van der Waals surface area contributed by atoms with E-state index in [2.05, 4.69) is 127 Å². The van der Waals surface area contributed by atoms with Crippen molar-refractivity contribution < 1.29 is 0 Å². The van der Waals surface area contributed by atoms with Gasteiger partial charge >= 0.3 is 0 Å². The number of aromatic nitrogens is 3. The highest BCUT2D eigenvalue weighted by Gasteiger charge is 2.16. The lowest BCUT2D eigenvalue weighted by molar-refractivity contribution is 1.18. The smallest absolute Gasteiger partial charge is 0.161 e. The van der Waals surface area contributed by atoms with Gasteiger partial charge in [-0.3, -0.25) is 4.98 Å². The van der Waals surface area contributed by atoms with E-state index < -0.39 is 0 Å². The Bertz CT molecular complexity index is 2180. The molecule has 0 atom stereocenters. The van der Waals surface area contributed by atoms with Crippen molar-refractivity contribution in [2.24, 2.45) is 0 Å². The minimum atomic E-state index is 0.732. The van der Waals surface area contributed by atoms with Crippen molar-refractivity contribution >= 4 is 32.3 Å². The Morgan fingerprint density at radius 1 is 0.488 bits per heavy atom. The van der Waals surface area contributed by atoms with Gasteiger partial charge in [-0.05, 0) is 74.1 Å². The number of pyridine rings is 1. The second kappa shape index (κ2) is 9.35. The molecule has 192 valence electrons. The van der Waals surface area contributed by atoms with Crippen LogP contribution in [0, 0.1) is 6.92 Å². The average molecular weight is 524 g/mol. The van der Waals surface area contributed by atoms with Gasteiger partial charge in [0.05, 0.1) is 11.4 Å². The van der Waals surface area contributed by atoms with Crippen LogP contribution in [-0.2, 0) is 0 Å². The molecule has 0 radical (unpaired) electrons. The highest BCUT2D eigenvalue weighted by molar-refractivity contribution is 6.25. The van der Waals surface area contributed by atoms with Gasteiger partial charge in [0.15, 0.2) is 5.82 Å². The summed E-state index contributed by atoms with van der Waals surface area (Å²) in [6.45, 7) is 2.13. The summed E-state index contributed by atoms with van der Waals surface area (Å²) in [6.07, 6.45) is 3.69. The largest absolute Gasteiger partial charge is 0.264 e.